The van der Waals surface area contributed by atoms with Crippen molar-refractivity contribution >= 4 is 28.8 Å². The summed E-state index contributed by atoms with van der Waals surface area (Å²) in [5.74, 6) is 0.186. The van der Waals surface area contributed by atoms with E-state index in [0.717, 1.165) is 10.4 Å². The van der Waals surface area contributed by atoms with Crippen molar-refractivity contribution in [1.29, 1.82) is 0 Å². The molecule has 0 saturated heterocycles. The Morgan fingerprint density at radius 1 is 1.06 bits per heavy atom. The first-order valence-corrected chi connectivity index (χ1v) is 11.1. The van der Waals surface area contributed by atoms with Crippen LogP contribution in [0.5, 0.6) is 0 Å². The number of carbonyl (C=O) groups excluding carboxylic acids is 2. The molecule has 2 amide bonds. The zero-order valence-corrected chi connectivity index (χ0v) is 18.4. The number of nitrogens with one attached hydrogen (secondary N) is 1. The van der Waals surface area contributed by atoms with Gasteiger partial charge in [0.2, 0.25) is 11.8 Å². The van der Waals surface area contributed by atoms with Gasteiger partial charge in [-0.2, -0.15) is 0 Å². The van der Waals surface area contributed by atoms with E-state index in [1.807, 2.05) is 48.7 Å². The van der Waals surface area contributed by atoms with Gasteiger partial charge in [-0.25, -0.2) is 0 Å². The summed E-state index contributed by atoms with van der Waals surface area (Å²) in [6, 6.07) is 17.7. The van der Waals surface area contributed by atoms with Crippen molar-refractivity contribution in [2.45, 2.75) is 25.9 Å². The molecule has 0 unspecified atom stereocenters. The standard InChI is InChI=1S/C25H23N3O3S/c1-18-6-2-3-9-22(18)28(23(29)16-21-8-5-15-32-21)24(19-10-12-26-13-11-19)25(30)27-17-20-7-4-14-31-20/h2-15,24H,16-17H2,1H3,(H,27,30)/t24-/m1/s1. The number of hydrogen-bond donors (Lipinski definition) is 1. The Morgan fingerprint density at radius 2 is 1.88 bits per heavy atom. The summed E-state index contributed by atoms with van der Waals surface area (Å²) in [5.41, 5.74) is 2.29. The quantitative estimate of drug-likeness (QED) is 0.427. The number of anilines is 1. The molecule has 162 valence electrons. The molecule has 0 spiro atoms. The number of thiophene rings is 1. The molecule has 3 heterocycles. The molecular formula is C25H23N3O3S. The van der Waals surface area contributed by atoms with Gasteiger partial charge in [-0.15, -0.1) is 11.3 Å². The zero-order chi connectivity index (χ0) is 22.3. The normalized spacial score (nSPS) is 11.7. The molecule has 3 aromatic heterocycles. The maximum absolute atomic E-state index is 13.6. The minimum absolute atomic E-state index is 0.156. The van der Waals surface area contributed by atoms with Crippen LogP contribution in [0.3, 0.4) is 0 Å². The summed E-state index contributed by atoms with van der Waals surface area (Å²) >= 11 is 1.52. The van der Waals surface area contributed by atoms with Gasteiger partial charge in [-0.3, -0.25) is 19.5 Å². The second-order valence-corrected chi connectivity index (χ2v) is 8.32. The van der Waals surface area contributed by atoms with Crippen molar-refractivity contribution in [2.75, 3.05) is 4.90 Å². The SMILES string of the molecule is Cc1ccccc1N(C(=O)Cc1cccs1)[C@@H](C(=O)NCc1ccco1)c1ccncc1. The predicted molar refractivity (Wildman–Crippen MR) is 124 cm³/mol. The van der Waals surface area contributed by atoms with Gasteiger partial charge in [0.05, 0.1) is 19.2 Å². The Morgan fingerprint density at radius 3 is 2.56 bits per heavy atom. The summed E-state index contributed by atoms with van der Waals surface area (Å²) < 4.78 is 5.35. The van der Waals surface area contributed by atoms with E-state index in [1.54, 1.807) is 47.8 Å². The van der Waals surface area contributed by atoms with Crippen LogP contribution in [0, 0.1) is 6.92 Å². The number of rotatable bonds is 8. The zero-order valence-electron chi connectivity index (χ0n) is 17.6. The number of aromatic nitrogens is 1. The third kappa shape index (κ3) is 4.95. The highest BCUT2D eigenvalue weighted by Gasteiger charge is 2.33. The molecule has 0 aliphatic carbocycles. The third-order valence-electron chi connectivity index (χ3n) is 5.09. The number of para-hydroxylation sites is 1. The average Bonchev–Trinajstić information content (AvgIpc) is 3.51. The molecule has 7 heteroatoms. The number of carbonyl (C=O) groups is 2. The average molecular weight is 446 g/mol. The topological polar surface area (TPSA) is 75.4 Å². The predicted octanol–water partition coefficient (Wildman–Crippen LogP) is 4.68. The number of furan rings is 1. The first-order valence-electron chi connectivity index (χ1n) is 10.2. The maximum atomic E-state index is 13.6. The van der Waals surface area contributed by atoms with E-state index >= 15 is 0 Å². The molecule has 4 aromatic rings. The van der Waals surface area contributed by atoms with E-state index in [4.69, 9.17) is 4.42 Å². The lowest BCUT2D eigenvalue weighted by Crippen LogP contribution is -2.44. The fourth-order valence-electron chi connectivity index (χ4n) is 3.55. The fraction of sp³-hybridized carbons (Fsp3) is 0.160. The minimum Gasteiger partial charge on any atom is -0.467 e. The maximum Gasteiger partial charge on any atom is 0.248 e. The van der Waals surface area contributed by atoms with Crippen LogP contribution in [0.4, 0.5) is 5.69 Å². The van der Waals surface area contributed by atoms with Crippen molar-refractivity contribution < 1.29 is 14.0 Å². The van der Waals surface area contributed by atoms with Gasteiger partial charge in [-0.05, 0) is 59.8 Å². The van der Waals surface area contributed by atoms with Crippen LogP contribution in [0.2, 0.25) is 0 Å². The Kier molecular flexibility index (Phi) is 6.77. The summed E-state index contributed by atoms with van der Waals surface area (Å²) in [6.45, 7) is 2.17. The number of pyridine rings is 1. The van der Waals surface area contributed by atoms with Gasteiger partial charge >= 0.3 is 0 Å². The van der Waals surface area contributed by atoms with Crippen LogP contribution in [-0.4, -0.2) is 16.8 Å². The van der Waals surface area contributed by atoms with Crippen LogP contribution >= 0.6 is 11.3 Å². The lowest BCUT2D eigenvalue weighted by molar-refractivity contribution is -0.126. The van der Waals surface area contributed by atoms with E-state index in [2.05, 4.69) is 10.3 Å². The van der Waals surface area contributed by atoms with Gasteiger partial charge in [0, 0.05) is 23.0 Å². The van der Waals surface area contributed by atoms with Gasteiger partial charge in [0.25, 0.3) is 0 Å². The number of hydrogen-bond acceptors (Lipinski definition) is 5. The third-order valence-corrected chi connectivity index (χ3v) is 5.97. The van der Waals surface area contributed by atoms with Crippen LogP contribution in [0.15, 0.2) is 89.1 Å². The lowest BCUT2D eigenvalue weighted by Gasteiger charge is -2.32. The molecule has 0 aliphatic heterocycles. The van der Waals surface area contributed by atoms with E-state index < -0.39 is 6.04 Å². The molecule has 0 aliphatic rings. The van der Waals surface area contributed by atoms with Gasteiger partial charge in [-0.1, -0.05) is 24.3 Å². The summed E-state index contributed by atoms with van der Waals surface area (Å²) in [5, 5.41) is 4.86. The Hall–Kier alpha value is -3.71. The van der Waals surface area contributed by atoms with Gasteiger partial charge < -0.3 is 9.73 Å². The number of benzene rings is 1. The van der Waals surface area contributed by atoms with Crippen molar-refractivity contribution in [3.8, 4) is 0 Å². The molecule has 1 atom stereocenters. The van der Waals surface area contributed by atoms with Gasteiger partial charge in [0.1, 0.15) is 11.8 Å². The van der Waals surface area contributed by atoms with E-state index in [-0.39, 0.29) is 24.8 Å². The first-order chi connectivity index (χ1) is 15.6. The van der Waals surface area contributed by atoms with E-state index in [0.29, 0.717) is 17.0 Å². The summed E-state index contributed by atoms with van der Waals surface area (Å²) in [6.07, 6.45) is 5.02. The lowest BCUT2D eigenvalue weighted by atomic mass is 10.0. The largest absolute Gasteiger partial charge is 0.467 e. The van der Waals surface area contributed by atoms with E-state index in [9.17, 15) is 9.59 Å². The molecule has 0 saturated carbocycles. The van der Waals surface area contributed by atoms with Crippen LogP contribution in [-0.2, 0) is 22.6 Å². The summed E-state index contributed by atoms with van der Waals surface area (Å²) in [4.78, 5) is 33.8. The molecule has 1 aromatic carbocycles. The molecule has 0 radical (unpaired) electrons. The molecular weight excluding hydrogens is 422 g/mol. The Labute approximate surface area is 190 Å². The minimum atomic E-state index is -0.860. The van der Waals surface area contributed by atoms with Crippen molar-refractivity contribution in [3.63, 3.8) is 0 Å². The van der Waals surface area contributed by atoms with Crippen molar-refractivity contribution in [1.82, 2.24) is 10.3 Å². The number of amides is 2. The van der Waals surface area contributed by atoms with Gasteiger partial charge in [0.15, 0.2) is 0 Å². The second kappa shape index (κ2) is 10.1. The van der Waals surface area contributed by atoms with Crippen molar-refractivity contribution in [3.05, 3.63) is 106 Å². The van der Waals surface area contributed by atoms with Crippen molar-refractivity contribution in [2.24, 2.45) is 0 Å². The highest BCUT2D eigenvalue weighted by Crippen LogP contribution is 2.31. The molecule has 4 rings (SSSR count). The van der Waals surface area contributed by atoms with E-state index in [1.165, 1.54) is 11.3 Å². The van der Waals surface area contributed by atoms with Crippen LogP contribution in [0.25, 0.3) is 0 Å². The summed E-state index contributed by atoms with van der Waals surface area (Å²) in [7, 11) is 0. The molecule has 0 bridgehead atoms. The highest BCUT2D eigenvalue weighted by molar-refractivity contribution is 7.10. The molecule has 1 N–H and O–H groups in total. The fourth-order valence-corrected chi connectivity index (χ4v) is 4.24. The molecule has 6 nitrogen and oxygen atoms in total. The molecule has 32 heavy (non-hydrogen) atoms. The highest BCUT2D eigenvalue weighted by atomic mass is 32.1. The first kappa shape index (κ1) is 21.5. The van der Waals surface area contributed by atoms with Crippen LogP contribution < -0.4 is 10.2 Å². The molecule has 0 fully saturated rings. The Balaban J connectivity index is 1.74. The smallest absolute Gasteiger partial charge is 0.248 e. The Bertz CT molecular complexity index is 1160. The monoisotopic (exact) mass is 445 g/mol. The van der Waals surface area contributed by atoms with Crippen LogP contribution in [0.1, 0.15) is 27.8 Å². The number of nitrogens with zero attached hydrogens (tertiary/aromatic N) is 2. The number of aryl methyl sites for hydroxylation is 1. The second-order valence-electron chi connectivity index (χ2n) is 7.29.